The molecule has 32 heavy (non-hydrogen) atoms. The van der Waals surface area contributed by atoms with E-state index in [2.05, 4.69) is 10.4 Å². The molecule has 1 N–H and O–H groups in total. The first-order chi connectivity index (χ1) is 15.3. The predicted octanol–water partition coefficient (Wildman–Crippen LogP) is 2.15. The van der Waals surface area contributed by atoms with Crippen LogP contribution in [0.15, 0.2) is 54.6 Å². The Bertz CT molecular complexity index is 1280. The fraction of sp³-hybridized carbons (Fsp3) is 0.261. The van der Waals surface area contributed by atoms with Crippen molar-refractivity contribution in [2.24, 2.45) is 0 Å². The minimum atomic E-state index is -3.90. The number of carbonyl (C=O) groups excluding carboxylic acids is 2. The molecule has 0 fully saturated rings. The van der Waals surface area contributed by atoms with E-state index < -0.39 is 28.4 Å². The van der Waals surface area contributed by atoms with E-state index in [4.69, 9.17) is 0 Å². The maximum atomic E-state index is 12.7. The van der Waals surface area contributed by atoms with Gasteiger partial charge < -0.3 is 5.32 Å². The van der Waals surface area contributed by atoms with Crippen molar-refractivity contribution in [2.75, 3.05) is 6.54 Å². The lowest BCUT2D eigenvalue weighted by atomic mass is 10.1. The normalized spacial score (nSPS) is 14.8. The summed E-state index contributed by atoms with van der Waals surface area (Å²) in [7, 11) is -3.90. The number of amides is 2. The zero-order valence-corrected chi connectivity index (χ0v) is 18.7. The molecule has 9 heteroatoms. The summed E-state index contributed by atoms with van der Waals surface area (Å²) in [6.07, 6.45) is 0. The van der Waals surface area contributed by atoms with Crippen LogP contribution in [-0.4, -0.2) is 40.9 Å². The quantitative estimate of drug-likeness (QED) is 0.618. The van der Waals surface area contributed by atoms with E-state index in [0.717, 1.165) is 22.5 Å². The molecule has 0 spiro atoms. The van der Waals surface area contributed by atoms with Crippen LogP contribution in [0.5, 0.6) is 0 Å². The van der Waals surface area contributed by atoms with E-state index in [-0.39, 0.29) is 12.3 Å². The van der Waals surface area contributed by atoms with E-state index in [1.54, 1.807) is 24.3 Å². The maximum absolute atomic E-state index is 12.7. The number of benzene rings is 2. The Morgan fingerprint density at radius 3 is 2.50 bits per heavy atom. The fourth-order valence-corrected chi connectivity index (χ4v) is 5.30. The van der Waals surface area contributed by atoms with Crippen molar-refractivity contribution in [3.05, 3.63) is 88.2 Å². The molecule has 0 radical (unpaired) electrons. The van der Waals surface area contributed by atoms with Gasteiger partial charge in [0.15, 0.2) is 0 Å². The van der Waals surface area contributed by atoms with Crippen molar-refractivity contribution in [2.45, 2.75) is 32.7 Å². The van der Waals surface area contributed by atoms with Gasteiger partial charge in [-0.2, -0.15) is 5.10 Å². The second-order valence-corrected chi connectivity index (χ2v) is 9.69. The molecule has 1 aromatic heterocycles. The number of aromatic nitrogens is 2. The second-order valence-electron chi connectivity index (χ2n) is 7.79. The topological polar surface area (TPSA) is 101 Å². The first-order valence-corrected chi connectivity index (χ1v) is 11.8. The van der Waals surface area contributed by atoms with Crippen molar-refractivity contribution in [3.8, 4) is 0 Å². The maximum Gasteiger partial charge on any atom is 0.268 e. The first kappa shape index (κ1) is 21.8. The van der Waals surface area contributed by atoms with Crippen molar-refractivity contribution in [3.63, 3.8) is 0 Å². The standard InChI is InChI=1S/C23H24N4O4S/c1-16-21(17(2)26(25-16)13-18-8-4-3-5-9-18)12-24-22(28)14-27-23(29)20-11-7-6-10-19(20)15-32(27,30)31/h3-11H,12-15H2,1-2H3,(H,24,28). The number of sulfonamides is 1. The number of hydrogen-bond donors (Lipinski definition) is 1. The van der Waals surface area contributed by atoms with Gasteiger partial charge in [0.05, 0.1) is 18.0 Å². The molecule has 0 saturated carbocycles. The molecule has 2 amide bonds. The molecule has 2 heterocycles. The molecule has 0 unspecified atom stereocenters. The van der Waals surface area contributed by atoms with Gasteiger partial charge in [0, 0.05) is 23.4 Å². The summed E-state index contributed by atoms with van der Waals surface area (Å²) in [5.74, 6) is -1.52. The van der Waals surface area contributed by atoms with Gasteiger partial charge in [-0.15, -0.1) is 0 Å². The van der Waals surface area contributed by atoms with Crippen LogP contribution in [-0.2, 0) is 33.7 Å². The summed E-state index contributed by atoms with van der Waals surface area (Å²) >= 11 is 0. The molecule has 3 aromatic rings. The van der Waals surface area contributed by atoms with Crippen LogP contribution >= 0.6 is 0 Å². The minimum absolute atomic E-state index is 0.198. The summed E-state index contributed by atoms with van der Waals surface area (Å²) in [6, 6.07) is 16.5. The molecular formula is C23H24N4O4S. The molecule has 4 rings (SSSR count). The van der Waals surface area contributed by atoms with Gasteiger partial charge in [-0.1, -0.05) is 48.5 Å². The number of fused-ring (bicyclic) bond motifs is 1. The SMILES string of the molecule is Cc1nn(Cc2ccccc2)c(C)c1CNC(=O)CN1C(=O)c2ccccc2CS1(=O)=O. The van der Waals surface area contributed by atoms with Gasteiger partial charge in [0.2, 0.25) is 15.9 Å². The number of rotatable bonds is 6. The molecule has 0 atom stereocenters. The van der Waals surface area contributed by atoms with E-state index >= 15 is 0 Å². The highest BCUT2D eigenvalue weighted by Crippen LogP contribution is 2.24. The number of carbonyl (C=O) groups is 2. The van der Waals surface area contributed by atoms with Crippen LogP contribution in [0.4, 0.5) is 0 Å². The van der Waals surface area contributed by atoms with Gasteiger partial charge in [-0.05, 0) is 31.0 Å². The zero-order chi connectivity index (χ0) is 22.9. The third kappa shape index (κ3) is 4.29. The largest absolute Gasteiger partial charge is 0.350 e. The Hall–Kier alpha value is -3.46. The lowest BCUT2D eigenvalue weighted by Crippen LogP contribution is -2.47. The van der Waals surface area contributed by atoms with Crippen molar-refractivity contribution in [1.82, 2.24) is 19.4 Å². The summed E-state index contributed by atoms with van der Waals surface area (Å²) < 4.78 is 27.7. The van der Waals surface area contributed by atoms with E-state index in [9.17, 15) is 18.0 Å². The Balaban J connectivity index is 1.44. The fourth-order valence-electron chi connectivity index (χ4n) is 3.83. The number of nitrogens with zero attached hydrogens (tertiary/aromatic N) is 3. The van der Waals surface area contributed by atoms with Crippen LogP contribution in [0.3, 0.4) is 0 Å². The summed E-state index contributed by atoms with van der Waals surface area (Å²) in [4.78, 5) is 25.2. The average molecular weight is 453 g/mol. The van der Waals surface area contributed by atoms with Gasteiger partial charge >= 0.3 is 0 Å². The Kier molecular flexibility index (Phi) is 5.84. The smallest absolute Gasteiger partial charge is 0.268 e. The van der Waals surface area contributed by atoms with Crippen molar-refractivity contribution >= 4 is 21.8 Å². The third-order valence-corrected chi connectivity index (χ3v) is 7.25. The molecule has 8 nitrogen and oxygen atoms in total. The van der Waals surface area contributed by atoms with E-state index in [1.165, 1.54) is 0 Å². The van der Waals surface area contributed by atoms with Crippen molar-refractivity contribution in [1.29, 1.82) is 0 Å². The minimum Gasteiger partial charge on any atom is -0.350 e. The van der Waals surface area contributed by atoms with Crippen LogP contribution < -0.4 is 5.32 Å². The van der Waals surface area contributed by atoms with Gasteiger partial charge in [0.25, 0.3) is 5.91 Å². The molecule has 2 aromatic carbocycles. The van der Waals surface area contributed by atoms with Crippen LogP contribution in [0.25, 0.3) is 0 Å². The molecule has 0 bridgehead atoms. The highest BCUT2D eigenvalue weighted by atomic mass is 32.2. The van der Waals surface area contributed by atoms with Crippen molar-refractivity contribution < 1.29 is 18.0 Å². The highest BCUT2D eigenvalue weighted by Gasteiger charge is 2.36. The number of aryl methyl sites for hydroxylation is 1. The second kappa shape index (κ2) is 8.58. The van der Waals surface area contributed by atoms with Crippen LogP contribution in [0.1, 0.15) is 38.4 Å². The van der Waals surface area contributed by atoms with Gasteiger partial charge in [-0.3, -0.25) is 14.3 Å². The highest BCUT2D eigenvalue weighted by molar-refractivity contribution is 7.89. The summed E-state index contributed by atoms with van der Waals surface area (Å²) in [5, 5.41) is 7.30. The lowest BCUT2D eigenvalue weighted by molar-refractivity contribution is -0.121. The molecule has 1 aliphatic rings. The van der Waals surface area contributed by atoms with E-state index in [0.29, 0.717) is 22.0 Å². The molecule has 0 saturated heterocycles. The van der Waals surface area contributed by atoms with Gasteiger partial charge in [0.1, 0.15) is 6.54 Å². The number of hydrogen-bond acceptors (Lipinski definition) is 5. The third-order valence-electron chi connectivity index (χ3n) is 5.60. The Labute approximate surface area is 186 Å². The van der Waals surface area contributed by atoms with Gasteiger partial charge in [-0.25, -0.2) is 12.7 Å². The monoisotopic (exact) mass is 452 g/mol. The summed E-state index contributed by atoms with van der Waals surface area (Å²) in [5.41, 5.74) is 4.45. The molecular weight excluding hydrogens is 428 g/mol. The Morgan fingerprint density at radius 2 is 1.75 bits per heavy atom. The molecule has 1 aliphatic heterocycles. The van der Waals surface area contributed by atoms with E-state index in [1.807, 2.05) is 48.9 Å². The Morgan fingerprint density at radius 1 is 1.06 bits per heavy atom. The number of nitrogens with one attached hydrogen (secondary N) is 1. The average Bonchev–Trinajstić information content (AvgIpc) is 3.02. The van der Waals surface area contributed by atoms with Crippen LogP contribution in [0, 0.1) is 13.8 Å². The molecule has 166 valence electrons. The predicted molar refractivity (Wildman–Crippen MR) is 119 cm³/mol. The molecule has 0 aliphatic carbocycles. The van der Waals surface area contributed by atoms with Crippen LogP contribution in [0.2, 0.25) is 0 Å². The lowest BCUT2D eigenvalue weighted by Gasteiger charge is -2.27. The zero-order valence-electron chi connectivity index (χ0n) is 17.9. The summed E-state index contributed by atoms with van der Waals surface area (Å²) in [6.45, 7) is 4.06. The first-order valence-electron chi connectivity index (χ1n) is 10.2.